The fourth-order valence-electron chi connectivity index (χ4n) is 2.30. The molecule has 0 radical (unpaired) electrons. The summed E-state index contributed by atoms with van der Waals surface area (Å²) in [7, 11) is 1.69. The van der Waals surface area contributed by atoms with Crippen molar-refractivity contribution in [1.82, 2.24) is 9.78 Å². The van der Waals surface area contributed by atoms with Gasteiger partial charge < -0.3 is 10.1 Å². The van der Waals surface area contributed by atoms with E-state index in [0.29, 0.717) is 16.3 Å². The number of fused-ring (bicyclic) bond motifs is 1. The molecule has 1 aromatic carbocycles. The topological polar surface area (TPSA) is 73.2 Å². The number of ether oxygens (including phenoxy) is 1. The molecule has 0 saturated heterocycles. The Morgan fingerprint density at radius 3 is 2.78 bits per heavy atom. The van der Waals surface area contributed by atoms with Crippen LogP contribution in [-0.4, -0.2) is 28.3 Å². The molecule has 3 aromatic rings. The Morgan fingerprint density at radius 2 is 2.09 bits per heavy atom. The average molecular weight is 329 g/mol. The van der Waals surface area contributed by atoms with Crippen LogP contribution in [0.25, 0.3) is 10.1 Å². The Bertz CT molecular complexity index is 882. The van der Waals surface area contributed by atoms with Crippen LogP contribution in [0.5, 0.6) is 0 Å². The number of thiophene rings is 1. The van der Waals surface area contributed by atoms with Gasteiger partial charge in [-0.05, 0) is 19.1 Å². The van der Waals surface area contributed by atoms with Crippen LogP contribution in [0.3, 0.4) is 0 Å². The summed E-state index contributed by atoms with van der Waals surface area (Å²) in [6, 6.07) is 9.11. The second kappa shape index (κ2) is 6.21. The molecule has 0 bridgehead atoms. The van der Waals surface area contributed by atoms with Crippen molar-refractivity contribution >= 4 is 38.3 Å². The van der Waals surface area contributed by atoms with E-state index in [1.54, 1.807) is 26.2 Å². The number of hydrogen-bond donors (Lipinski definition) is 1. The van der Waals surface area contributed by atoms with Gasteiger partial charge in [-0.25, -0.2) is 4.79 Å². The number of anilines is 1. The predicted molar refractivity (Wildman–Crippen MR) is 88.9 cm³/mol. The number of benzene rings is 1. The molecule has 0 saturated carbocycles. The van der Waals surface area contributed by atoms with Crippen LogP contribution in [-0.2, 0) is 11.8 Å². The molecule has 23 heavy (non-hydrogen) atoms. The maximum atomic E-state index is 12.4. The average Bonchev–Trinajstić information content (AvgIpc) is 3.10. The quantitative estimate of drug-likeness (QED) is 0.747. The summed E-state index contributed by atoms with van der Waals surface area (Å²) in [6.07, 6.45) is 1.55. The predicted octanol–water partition coefficient (Wildman–Crippen LogP) is 3.06. The zero-order valence-electron chi connectivity index (χ0n) is 12.7. The van der Waals surface area contributed by atoms with Crippen molar-refractivity contribution in [2.75, 3.05) is 11.9 Å². The number of carbonyl (C=O) groups is 2. The lowest BCUT2D eigenvalue weighted by atomic mass is 10.1. The van der Waals surface area contributed by atoms with Crippen molar-refractivity contribution in [3.8, 4) is 0 Å². The van der Waals surface area contributed by atoms with E-state index in [1.807, 2.05) is 24.3 Å². The maximum absolute atomic E-state index is 12.4. The van der Waals surface area contributed by atoms with Gasteiger partial charge in [-0.1, -0.05) is 18.2 Å². The summed E-state index contributed by atoms with van der Waals surface area (Å²) in [6.45, 7) is 2.03. The van der Waals surface area contributed by atoms with E-state index in [9.17, 15) is 9.59 Å². The molecule has 1 amide bonds. The lowest BCUT2D eigenvalue weighted by molar-refractivity contribution is 0.0530. The summed E-state index contributed by atoms with van der Waals surface area (Å²) >= 11 is 1.35. The van der Waals surface area contributed by atoms with Gasteiger partial charge in [0.05, 0.1) is 6.61 Å². The van der Waals surface area contributed by atoms with Gasteiger partial charge in [0.1, 0.15) is 16.3 Å². The minimum absolute atomic E-state index is 0.276. The Hall–Kier alpha value is -2.67. The van der Waals surface area contributed by atoms with Crippen LogP contribution < -0.4 is 5.32 Å². The molecule has 0 aliphatic rings. The van der Waals surface area contributed by atoms with E-state index in [4.69, 9.17) is 4.74 Å². The minimum Gasteiger partial charge on any atom is -0.462 e. The number of carbonyl (C=O) groups excluding carboxylic acids is 2. The molecule has 118 valence electrons. The Labute approximate surface area is 136 Å². The number of rotatable bonds is 4. The second-order valence-corrected chi connectivity index (χ2v) is 5.87. The van der Waals surface area contributed by atoms with E-state index in [2.05, 4.69) is 10.4 Å². The van der Waals surface area contributed by atoms with Gasteiger partial charge in [-0.3, -0.25) is 9.48 Å². The molecule has 2 heterocycles. The SMILES string of the molecule is CCOC(=O)c1c(NC(=O)c2ccnn2C)sc2ccccc12. The van der Waals surface area contributed by atoms with Crippen LogP contribution in [0.2, 0.25) is 0 Å². The third-order valence-corrected chi connectivity index (χ3v) is 4.44. The Balaban J connectivity index is 2.03. The van der Waals surface area contributed by atoms with Gasteiger partial charge in [0.15, 0.2) is 0 Å². The molecule has 0 atom stereocenters. The molecular weight excluding hydrogens is 314 g/mol. The first-order valence-electron chi connectivity index (χ1n) is 7.09. The summed E-state index contributed by atoms with van der Waals surface area (Å²) < 4.78 is 7.52. The van der Waals surface area contributed by atoms with Crippen molar-refractivity contribution < 1.29 is 14.3 Å². The summed E-state index contributed by atoms with van der Waals surface area (Å²) in [5.41, 5.74) is 0.806. The molecule has 0 unspecified atom stereocenters. The zero-order chi connectivity index (χ0) is 16.4. The smallest absolute Gasteiger partial charge is 0.341 e. The van der Waals surface area contributed by atoms with Crippen molar-refractivity contribution in [2.45, 2.75) is 6.92 Å². The van der Waals surface area contributed by atoms with Crippen LogP contribution in [0.1, 0.15) is 27.8 Å². The minimum atomic E-state index is -0.440. The highest BCUT2D eigenvalue weighted by Gasteiger charge is 2.22. The molecule has 0 aliphatic carbocycles. The summed E-state index contributed by atoms with van der Waals surface area (Å²) in [5, 5.41) is 8.03. The number of hydrogen-bond acceptors (Lipinski definition) is 5. The van der Waals surface area contributed by atoms with Crippen LogP contribution in [0.4, 0.5) is 5.00 Å². The van der Waals surface area contributed by atoms with Gasteiger partial charge >= 0.3 is 5.97 Å². The van der Waals surface area contributed by atoms with Gasteiger partial charge in [-0.2, -0.15) is 5.10 Å². The number of esters is 1. The highest BCUT2D eigenvalue weighted by molar-refractivity contribution is 7.23. The van der Waals surface area contributed by atoms with Gasteiger partial charge in [0.25, 0.3) is 5.91 Å². The molecule has 6 nitrogen and oxygen atoms in total. The molecular formula is C16H15N3O3S. The monoisotopic (exact) mass is 329 g/mol. The molecule has 1 N–H and O–H groups in total. The van der Waals surface area contributed by atoms with Gasteiger partial charge in [0, 0.05) is 23.3 Å². The van der Waals surface area contributed by atoms with E-state index >= 15 is 0 Å². The molecule has 2 aromatic heterocycles. The summed E-state index contributed by atoms with van der Waals surface area (Å²) in [4.78, 5) is 24.7. The molecule has 0 fully saturated rings. The van der Waals surface area contributed by atoms with Crippen molar-refractivity contribution in [3.63, 3.8) is 0 Å². The lowest BCUT2D eigenvalue weighted by Gasteiger charge is -2.06. The first kappa shape index (κ1) is 15.2. The molecule has 7 heteroatoms. The third kappa shape index (κ3) is 2.83. The molecule has 0 aliphatic heterocycles. The molecule has 3 rings (SSSR count). The Kier molecular flexibility index (Phi) is 4.12. The van der Waals surface area contributed by atoms with E-state index in [1.165, 1.54) is 16.0 Å². The number of aryl methyl sites for hydroxylation is 1. The highest BCUT2D eigenvalue weighted by atomic mass is 32.1. The van der Waals surface area contributed by atoms with Gasteiger partial charge in [-0.15, -0.1) is 11.3 Å². The number of nitrogens with one attached hydrogen (secondary N) is 1. The zero-order valence-corrected chi connectivity index (χ0v) is 13.5. The number of nitrogens with zero attached hydrogens (tertiary/aromatic N) is 2. The number of aromatic nitrogens is 2. The fraction of sp³-hybridized carbons (Fsp3) is 0.188. The first-order valence-corrected chi connectivity index (χ1v) is 7.91. The standard InChI is InChI=1S/C16H15N3O3S/c1-3-22-16(21)13-10-6-4-5-7-12(10)23-15(13)18-14(20)11-8-9-17-19(11)2/h4-9H,3H2,1-2H3,(H,18,20). The highest BCUT2D eigenvalue weighted by Crippen LogP contribution is 2.36. The van der Waals surface area contributed by atoms with E-state index in [-0.39, 0.29) is 12.5 Å². The van der Waals surface area contributed by atoms with Crippen LogP contribution >= 0.6 is 11.3 Å². The molecule has 0 spiro atoms. The van der Waals surface area contributed by atoms with Crippen LogP contribution in [0, 0.1) is 0 Å². The van der Waals surface area contributed by atoms with Crippen molar-refractivity contribution in [1.29, 1.82) is 0 Å². The van der Waals surface area contributed by atoms with Crippen molar-refractivity contribution in [2.24, 2.45) is 7.05 Å². The van der Waals surface area contributed by atoms with Crippen molar-refractivity contribution in [3.05, 3.63) is 47.8 Å². The van der Waals surface area contributed by atoms with Crippen LogP contribution in [0.15, 0.2) is 36.5 Å². The second-order valence-electron chi connectivity index (χ2n) is 4.82. The van der Waals surface area contributed by atoms with E-state index < -0.39 is 5.97 Å². The van der Waals surface area contributed by atoms with E-state index in [0.717, 1.165) is 10.1 Å². The largest absolute Gasteiger partial charge is 0.462 e. The lowest BCUT2D eigenvalue weighted by Crippen LogP contribution is -2.17. The normalized spacial score (nSPS) is 10.7. The fourth-order valence-corrected chi connectivity index (χ4v) is 3.39. The number of amides is 1. The van der Waals surface area contributed by atoms with Gasteiger partial charge in [0.2, 0.25) is 0 Å². The first-order chi connectivity index (χ1) is 11.1. The third-order valence-electron chi connectivity index (χ3n) is 3.36. The maximum Gasteiger partial charge on any atom is 0.341 e. The summed E-state index contributed by atoms with van der Waals surface area (Å²) in [5.74, 6) is -0.757. The Morgan fingerprint density at radius 1 is 1.30 bits per heavy atom.